The lowest BCUT2D eigenvalue weighted by Gasteiger charge is -2.20. The zero-order chi connectivity index (χ0) is 16.5. The van der Waals surface area contributed by atoms with E-state index in [1.807, 2.05) is 6.92 Å². The first-order valence-electron chi connectivity index (χ1n) is 7.51. The van der Waals surface area contributed by atoms with Gasteiger partial charge in [-0.3, -0.25) is 9.59 Å². The minimum atomic E-state index is -0.305. The van der Waals surface area contributed by atoms with Crippen molar-refractivity contribution in [3.8, 4) is 0 Å². The monoisotopic (exact) mass is 344 g/mol. The van der Waals surface area contributed by atoms with Crippen LogP contribution in [0.15, 0.2) is 18.2 Å². The number of hydrogen-bond donors (Lipinski definition) is 1. The number of amides is 2. The van der Waals surface area contributed by atoms with Crippen LogP contribution in [0.25, 0.3) is 0 Å². The van der Waals surface area contributed by atoms with Crippen molar-refractivity contribution >= 4 is 40.7 Å². The van der Waals surface area contributed by atoms with Crippen LogP contribution in [0.1, 0.15) is 39.5 Å². The Kier molecular flexibility index (Phi) is 8.28. The highest BCUT2D eigenvalue weighted by molar-refractivity contribution is 6.39. The molecule has 0 aliphatic carbocycles. The van der Waals surface area contributed by atoms with E-state index in [9.17, 15) is 9.59 Å². The number of nitrogens with zero attached hydrogens (tertiary/aromatic N) is 1. The van der Waals surface area contributed by atoms with Crippen molar-refractivity contribution in [1.82, 2.24) is 4.90 Å². The number of likely N-dealkylation sites (N-methyl/N-ethyl adjacent to an activating group) is 1. The number of rotatable bonds is 8. The summed E-state index contributed by atoms with van der Waals surface area (Å²) in [4.78, 5) is 25.7. The highest BCUT2D eigenvalue weighted by Crippen LogP contribution is 2.29. The normalized spacial score (nSPS) is 10.4. The molecule has 2 amide bonds. The molecule has 0 fully saturated rings. The fourth-order valence-electron chi connectivity index (χ4n) is 2.03. The fourth-order valence-corrected chi connectivity index (χ4v) is 2.52. The van der Waals surface area contributed by atoms with Crippen LogP contribution in [-0.4, -0.2) is 29.8 Å². The number of hydrogen-bond acceptors (Lipinski definition) is 2. The molecule has 0 unspecified atom stereocenters. The fraction of sp³-hybridized carbons (Fsp3) is 0.500. The number of carbonyl (C=O) groups is 2. The Morgan fingerprint density at radius 2 is 1.77 bits per heavy atom. The van der Waals surface area contributed by atoms with E-state index in [4.69, 9.17) is 23.2 Å². The number of nitrogens with one attached hydrogen (secondary N) is 1. The summed E-state index contributed by atoms with van der Waals surface area (Å²) in [5.74, 6) is -0.308. The average molecular weight is 345 g/mol. The van der Waals surface area contributed by atoms with E-state index in [2.05, 4.69) is 12.2 Å². The second-order valence-electron chi connectivity index (χ2n) is 5.01. The zero-order valence-electron chi connectivity index (χ0n) is 13.0. The van der Waals surface area contributed by atoms with Gasteiger partial charge in [0, 0.05) is 13.0 Å². The van der Waals surface area contributed by atoms with Crippen LogP contribution in [0, 0.1) is 0 Å². The molecule has 4 nitrogen and oxygen atoms in total. The molecule has 1 aromatic carbocycles. The molecule has 0 saturated carbocycles. The molecule has 22 heavy (non-hydrogen) atoms. The van der Waals surface area contributed by atoms with Crippen molar-refractivity contribution in [1.29, 1.82) is 0 Å². The summed E-state index contributed by atoms with van der Waals surface area (Å²) < 4.78 is 0. The molecule has 6 heteroatoms. The van der Waals surface area contributed by atoms with Crippen LogP contribution in [0.2, 0.25) is 10.0 Å². The SMILES string of the molecule is CCCCCC(=O)N(CC)CC(=O)Nc1c(Cl)cccc1Cl. The van der Waals surface area contributed by atoms with E-state index in [1.54, 1.807) is 18.2 Å². The van der Waals surface area contributed by atoms with Crippen LogP contribution in [0.4, 0.5) is 5.69 Å². The molecule has 0 spiro atoms. The summed E-state index contributed by atoms with van der Waals surface area (Å²) in [7, 11) is 0. The molecular formula is C16H22Cl2N2O2. The summed E-state index contributed by atoms with van der Waals surface area (Å²) in [6, 6.07) is 5.00. The van der Waals surface area contributed by atoms with Gasteiger partial charge < -0.3 is 10.2 Å². The number of benzene rings is 1. The average Bonchev–Trinajstić information content (AvgIpc) is 2.48. The highest BCUT2D eigenvalue weighted by Gasteiger charge is 2.16. The predicted molar refractivity (Wildman–Crippen MR) is 91.5 cm³/mol. The smallest absolute Gasteiger partial charge is 0.244 e. The first-order valence-corrected chi connectivity index (χ1v) is 8.26. The lowest BCUT2D eigenvalue weighted by atomic mass is 10.2. The second kappa shape index (κ2) is 9.70. The molecule has 122 valence electrons. The van der Waals surface area contributed by atoms with Crippen LogP contribution in [0.3, 0.4) is 0 Å². The molecule has 0 bridgehead atoms. The maximum Gasteiger partial charge on any atom is 0.244 e. The maximum atomic E-state index is 12.1. The van der Waals surface area contributed by atoms with E-state index in [-0.39, 0.29) is 18.4 Å². The third-order valence-corrected chi connectivity index (χ3v) is 3.92. The number of carbonyl (C=O) groups excluding carboxylic acids is 2. The minimum absolute atomic E-state index is 0.00299. The zero-order valence-corrected chi connectivity index (χ0v) is 14.5. The van der Waals surface area contributed by atoms with Gasteiger partial charge in [-0.25, -0.2) is 0 Å². The third kappa shape index (κ3) is 5.85. The second-order valence-corrected chi connectivity index (χ2v) is 5.82. The van der Waals surface area contributed by atoms with E-state index in [0.717, 1.165) is 19.3 Å². The molecule has 0 aliphatic rings. The Labute approximate surface area is 141 Å². The van der Waals surface area contributed by atoms with Crippen molar-refractivity contribution in [3.63, 3.8) is 0 Å². The van der Waals surface area contributed by atoms with E-state index < -0.39 is 0 Å². The molecule has 1 aromatic rings. The van der Waals surface area contributed by atoms with Gasteiger partial charge in [0.05, 0.1) is 22.3 Å². The van der Waals surface area contributed by atoms with Crippen molar-refractivity contribution in [2.24, 2.45) is 0 Å². The van der Waals surface area contributed by atoms with E-state index >= 15 is 0 Å². The van der Waals surface area contributed by atoms with Crippen molar-refractivity contribution in [2.45, 2.75) is 39.5 Å². The standard InChI is InChI=1S/C16H22Cl2N2O2/c1-3-5-6-10-15(22)20(4-2)11-14(21)19-16-12(17)8-7-9-13(16)18/h7-9H,3-6,10-11H2,1-2H3,(H,19,21). The molecule has 1 rings (SSSR count). The Hall–Kier alpha value is -1.26. The van der Waals surface area contributed by atoms with Crippen molar-refractivity contribution in [2.75, 3.05) is 18.4 Å². The molecule has 1 N–H and O–H groups in total. The topological polar surface area (TPSA) is 49.4 Å². The Balaban J connectivity index is 2.60. The summed E-state index contributed by atoms with van der Waals surface area (Å²) in [5, 5.41) is 3.42. The molecule has 0 aromatic heterocycles. The van der Waals surface area contributed by atoms with Crippen LogP contribution < -0.4 is 5.32 Å². The number of unbranched alkanes of at least 4 members (excludes halogenated alkanes) is 2. The predicted octanol–water partition coefficient (Wildman–Crippen LogP) is 4.36. The summed E-state index contributed by atoms with van der Waals surface area (Å²) in [6.07, 6.45) is 3.40. The third-order valence-electron chi connectivity index (χ3n) is 3.29. The summed E-state index contributed by atoms with van der Waals surface area (Å²) >= 11 is 12.0. The summed E-state index contributed by atoms with van der Waals surface area (Å²) in [5.41, 5.74) is 0.380. The van der Waals surface area contributed by atoms with Gasteiger partial charge in [-0.1, -0.05) is 49.0 Å². The first-order chi connectivity index (χ1) is 10.5. The van der Waals surface area contributed by atoms with Crippen molar-refractivity contribution < 1.29 is 9.59 Å². The van der Waals surface area contributed by atoms with Gasteiger partial charge in [0.25, 0.3) is 0 Å². The lowest BCUT2D eigenvalue weighted by molar-refractivity contribution is -0.134. The molecule has 0 saturated heterocycles. The van der Waals surface area contributed by atoms with Gasteiger partial charge >= 0.3 is 0 Å². The Morgan fingerprint density at radius 3 is 2.32 bits per heavy atom. The lowest BCUT2D eigenvalue weighted by Crippen LogP contribution is -2.37. The molecule has 0 aliphatic heterocycles. The molecular weight excluding hydrogens is 323 g/mol. The van der Waals surface area contributed by atoms with Gasteiger partial charge in [0.1, 0.15) is 0 Å². The minimum Gasteiger partial charge on any atom is -0.334 e. The van der Waals surface area contributed by atoms with Crippen LogP contribution in [-0.2, 0) is 9.59 Å². The van der Waals surface area contributed by atoms with E-state index in [1.165, 1.54) is 4.90 Å². The first kappa shape index (κ1) is 18.8. The number of para-hydroxylation sites is 1. The van der Waals surface area contributed by atoms with Gasteiger partial charge in [0.15, 0.2) is 0 Å². The highest BCUT2D eigenvalue weighted by atomic mass is 35.5. The maximum absolute atomic E-state index is 12.1. The van der Waals surface area contributed by atoms with Crippen LogP contribution >= 0.6 is 23.2 Å². The van der Waals surface area contributed by atoms with Gasteiger partial charge in [-0.05, 0) is 25.5 Å². The quantitative estimate of drug-likeness (QED) is 0.712. The number of anilines is 1. The molecule has 0 atom stereocenters. The van der Waals surface area contributed by atoms with Gasteiger partial charge in [-0.2, -0.15) is 0 Å². The van der Waals surface area contributed by atoms with Crippen molar-refractivity contribution in [3.05, 3.63) is 28.2 Å². The molecule has 0 radical (unpaired) electrons. The Morgan fingerprint density at radius 1 is 1.14 bits per heavy atom. The van der Waals surface area contributed by atoms with Gasteiger partial charge in [-0.15, -0.1) is 0 Å². The summed E-state index contributed by atoms with van der Waals surface area (Å²) in [6.45, 7) is 4.44. The largest absolute Gasteiger partial charge is 0.334 e. The van der Waals surface area contributed by atoms with Gasteiger partial charge in [0.2, 0.25) is 11.8 Å². The molecule has 0 heterocycles. The Bertz CT molecular complexity index is 501. The van der Waals surface area contributed by atoms with E-state index in [0.29, 0.717) is 28.7 Å². The van der Waals surface area contributed by atoms with Crippen LogP contribution in [0.5, 0.6) is 0 Å². The number of halogens is 2.